The van der Waals surface area contributed by atoms with Gasteiger partial charge in [-0.25, -0.2) is 0 Å². The number of nitrogens with one attached hydrogen (secondary N) is 8. The van der Waals surface area contributed by atoms with E-state index in [0.29, 0.717) is 58.8 Å². The Bertz CT molecular complexity index is 2910. The van der Waals surface area contributed by atoms with Crippen LogP contribution in [0.2, 0.25) is 0 Å². The van der Waals surface area contributed by atoms with Gasteiger partial charge < -0.3 is 26.6 Å². The second-order valence-electron chi connectivity index (χ2n) is 17.5. The standard InChI is InChI=1S/C51H54N10O5.C2H7N/c1-30-37(19-21-42(54-4)44(30)45(53)50(66)57-35-11-7-9-32(25-35)48(64)55-5)38-18-17-36(61(28-52)29-62)26-41(38)31-13-15-34(16-14-31)51(2,3)23-24-56-27-33-10-8-12-39-46(59-60(6)47(33)39)40-20-22-43(63)58-49(40)65;1-3-2/h7-19,21,25-26,28-29,40,52-54,56H,20,22-24,27H2,1-6H3,(H,55,64)(H,57,66)(H,58,63,65);3H,1-2H3. The topological polar surface area (TPSA) is 226 Å². The van der Waals surface area contributed by atoms with Crippen molar-refractivity contribution in [3.63, 3.8) is 0 Å². The van der Waals surface area contributed by atoms with Crippen LogP contribution in [0.3, 0.4) is 0 Å². The first kappa shape index (κ1) is 50.6. The van der Waals surface area contributed by atoms with Crippen LogP contribution in [0, 0.1) is 17.7 Å². The molecular weight excluding hydrogens is 871 g/mol. The number of nitrogens with zero attached hydrogens (tertiary/aromatic N) is 3. The number of hydrogen-bond donors (Lipinski definition) is 8. The maximum absolute atomic E-state index is 13.6. The van der Waals surface area contributed by atoms with Crippen molar-refractivity contribution < 1.29 is 24.0 Å². The third-order valence-corrected chi connectivity index (χ3v) is 12.4. The number of carbonyl (C=O) groups excluding carboxylic acids is 5. The number of fused-ring (bicyclic) bond motifs is 1. The van der Waals surface area contributed by atoms with Gasteiger partial charge in [-0.15, -0.1) is 0 Å². The monoisotopic (exact) mass is 931 g/mol. The zero-order valence-corrected chi connectivity index (χ0v) is 40.4. The van der Waals surface area contributed by atoms with Crippen molar-refractivity contribution in [1.82, 2.24) is 31.0 Å². The molecule has 0 aliphatic carbocycles. The number of aryl methyl sites for hydroxylation is 1. The van der Waals surface area contributed by atoms with Gasteiger partial charge in [0.15, 0.2) is 0 Å². The van der Waals surface area contributed by atoms with E-state index in [1.807, 2.05) is 81.3 Å². The number of rotatable bonds is 17. The average Bonchev–Trinajstić information content (AvgIpc) is 3.69. The van der Waals surface area contributed by atoms with E-state index < -0.39 is 11.8 Å². The number of imide groups is 1. The lowest BCUT2D eigenvalue weighted by molar-refractivity contribution is -0.134. The predicted molar refractivity (Wildman–Crippen MR) is 274 cm³/mol. The summed E-state index contributed by atoms with van der Waals surface area (Å²) in [5.41, 5.74) is 9.45. The van der Waals surface area contributed by atoms with Crippen molar-refractivity contribution in [2.24, 2.45) is 7.05 Å². The summed E-state index contributed by atoms with van der Waals surface area (Å²) in [7, 11) is 8.88. The van der Waals surface area contributed by atoms with Crippen LogP contribution >= 0.6 is 0 Å². The molecule has 1 aliphatic heterocycles. The Morgan fingerprint density at radius 3 is 2.30 bits per heavy atom. The van der Waals surface area contributed by atoms with Crippen LogP contribution in [0.25, 0.3) is 33.2 Å². The lowest BCUT2D eigenvalue weighted by Crippen LogP contribution is -2.39. The molecule has 16 nitrogen and oxygen atoms in total. The second kappa shape index (κ2) is 22.3. The average molecular weight is 932 g/mol. The molecule has 1 atom stereocenters. The highest BCUT2D eigenvalue weighted by atomic mass is 16.2. The number of amides is 5. The highest BCUT2D eigenvalue weighted by Crippen LogP contribution is 2.40. The van der Waals surface area contributed by atoms with E-state index in [0.717, 1.165) is 63.6 Å². The number of para-hydroxylation sites is 1. The van der Waals surface area contributed by atoms with E-state index in [2.05, 4.69) is 63.9 Å². The molecule has 8 N–H and O–H groups in total. The first-order valence-electron chi connectivity index (χ1n) is 22.7. The first-order chi connectivity index (χ1) is 33.1. The third-order valence-electron chi connectivity index (χ3n) is 12.4. The summed E-state index contributed by atoms with van der Waals surface area (Å²) in [5.74, 6) is -1.98. The van der Waals surface area contributed by atoms with Gasteiger partial charge in [-0.1, -0.05) is 74.5 Å². The molecule has 0 saturated carbocycles. The minimum absolute atomic E-state index is 0.221. The van der Waals surface area contributed by atoms with Crippen LogP contribution in [0.1, 0.15) is 77.3 Å². The number of piperidine rings is 1. The number of anilines is 3. The van der Waals surface area contributed by atoms with Crippen LogP contribution in [-0.2, 0) is 38.2 Å². The van der Waals surface area contributed by atoms with Gasteiger partial charge in [0, 0.05) is 62.0 Å². The molecule has 1 saturated heterocycles. The molecule has 358 valence electrons. The number of aromatic nitrogens is 2. The molecule has 5 amide bonds. The molecule has 0 radical (unpaired) electrons. The lowest BCUT2D eigenvalue weighted by Gasteiger charge is -2.26. The van der Waals surface area contributed by atoms with Crippen molar-refractivity contribution in [2.45, 2.75) is 57.9 Å². The number of carbonyl (C=O) groups is 5. The van der Waals surface area contributed by atoms with Crippen molar-refractivity contribution in [2.75, 3.05) is 50.3 Å². The van der Waals surface area contributed by atoms with E-state index in [4.69, 9.17) is 15.9 Å². The maximum Gasteiger partial charge on any atom is 0.274 e. The molecule has 7 rings (SSSR count). The number of hydrogen-bond acceptors (Lipinski definition) is 11. The lowest BCUT2D eigenvalue weighted by atomic mass is 9.80. The molecule has 0 spiro atoms. The second-order valence-corrected chi connectivity index (χ2v) is 17.5. The molecule has 2 heterocycles. The molecule has 69 heavy (non-hydrogen) atoms. The van der Waals surface area contributed by atoms with E-state index in [9.17, 15) is 24.0 Å². The van der Waals surface area contributed by atoms with Crippen molar-refractivity contribution in [1.29, 1.82) is 10.8 Å². The van der Waals surface area contributed by atoms with Gasteiger partial charge in [0.05, 0.1) is 29.2 Å². The fraction of sp³-hybridized carbons (Fsp3) is 0.283. The maximum atomic E-state index is 13.6. The molecule has 0 bridgehead atoms. The van der Waals surface area contributed by atoms with Gasteiger partial charge in [0.2, 0.25) is 18.2 Å². The van der Waals surface area contributed by atoms with E-state index >= 15 is 0 Å². The molecule has 1 aromatic heterocycles. The van der Waals surface area contributed by atoms with Crippen molar-refractivity contribution in [3.05, 3.63) is 131 Å². The summed E-state index contributed by atoms with van der Waals surface area (Å²) in [6.07, 6.45) is 3.08. The van der Waals surface area contributed by atoms with Crippen molar-refractivity contribution in [3.8, 4) is 22.3 Å². The fourth-order valence-electron chi connectivity index (χ4n) is 8.73. The molecule has 1 aliphatic rings. The minimum Gasteiger partial charge on any atom is -0.388 e. The zero-order valence-electron chi connectivity index (χ0n) is 40.4. The summed E-state index contributed by atoms with van der Waals surface area (Å²) < 4.78 is 1.82. The van der Waals surface area contributed by atoms with Gasteiger partial charge in [0.25, 0.3) is 11.8 Å². The smallest absolute Gasteiger partial charge is 0.274 e. The summed E-state index contributed by atoms with van der Waals surface area (Å²) >= 11 is 0. The molecule has 16 heteroatoms. The minimum atomic E-state index is -0.649. The first-order valence-corrected chi connectivity index (χ1v) is 22.7. The van der Waals surface area contributed by atoms with E-state index in [1.54, 1.807) is 37.4 Å². The SMILES string of the molecule is CNC.CNC(=O)c1cccc(NC(=O)C(=N)c2c(NC)ccc(-c3ccc(N(C=N)C=O)cc3-c3ccc(C(C)(C)CCNCc4cccc5c(C6CCC(=O)NC6=O)nn(C)c45)cc3)c2C)c1. The molecule has 5 aromatic carbocycles. The third kappa shape index (κ3) is 11.1. The fourth-order valence-corrected chi connectivity index (χ4v) is 8.73. The van der Waals surface area contributed by atoms with Crippen LogP contribution in [0.4, 0.5) is 17.1 Å². The van der Waals surface area contributed by atoms with Crippen molar-refractivity contribution >= 4 is 70.1 Å². The Balaban J connectivity index is 0.00000254. The van der Waals surface area contributed by atoms with Crippen LogP contribution in [0.15, 0.2) is 97.1 Å². The molecular formula is C53H61N11O5. The van der Waals surface area contributed by atoms with Gasteiger partial charge in [-0.2, -0.15) is 5.10 Å². The summed E-state index contributed by atoms with van der Waals surface area (Å²) in [6, 6.07) is 30.1. The molecule has 6 aromatic rings. The quantitative estimate of drug-likeness (QED) is 0.0155. The Hall–Kier alpha value is -7.82. The summed E-state index contributed by atoms with van der Waals surface area (Å²) in [5, 5.41) is 39.9. The van der Waals surface area contributed by atoms with E-state index in [-0.39, 0.29) is 35.3 Å². The van der Waals surface area contributed by atoms with E-state index in [1.165, 1.54) is 11.9 Å². The Morgan fingerprint density at radius 2 is 1.64 bits per heavy atom. The zero-order chi connectivity index (χ0) is 50.0. The largest absolute Gasteiger partial charge is 0.388 e. The van der Waals surface area contributed by atoms with Crippen LogP contribution < -0.4 is 36.8 Å². The summed E-state index contributed by atoms with van der Waals surface area (Å²) in [4.78, 5) is 63.6. The highest BCUT2D eigenvalue weighted by Gasteiger charge is 2.32. The Kier molecular flexibility index (Phi) is 16.4. The Labute approximate surface area is 402 Å². The normalized spacial score (nSPS) is 13.4. The summed E-state index contributed by atoms with van der Waals surface area (Å²) in [6.45, 7) is 7.59. The van der Waals surface area contributed by atoms with Gasteiger partial charge in [-0.3, -0.25) is 49.7 Å². The number of benzene rings is 5. The predicted octanol–water partition coefficient (Wildman–Crippen LogP) is 7.01. The van der Waals surface area contributed by atoms with Gasteiger partial charge >= 0.3 is 0 Å². The van der Waals surface area contributed by atoms with Gasteiger partial charge in [0.1, 0.15) is 5.71 Å². The van der Waals surface area contributed by atoms with Crippen LogP contribution in [0.5, 0.6) is 0 Å². The van der Waals surface area contributed by atoms with Crippen LogP contribution in [-0.4, -0.2) is 86.6 Å². The Morgan fingerprint density at radius 1 is 0.928 bits per heavy atom. The molecule has 1 fully saturated rings. The van der Waals surface area contributed by atoms with Gasteiger partial charge in [-0.05, 0) is 121 Å². The molecule has 1 unspecified atom stereocenters. The highest BCUT2D eigenvalue weighted by molar-refractivity contribution is 6.49.